The number of rotatable bonds is 3. The minimum Gasteiger partial charge on any atom is -0.329 e. The molecule has 128 valence electrons. The van der Waals surface area contributed by atoms with E-state index in [0.29, 0.717) is 17.1 Å². The van der Waals surface area contributed by atoms with Gasteiger partial charge in [-0.3, -0.25) is 14.5 Å². The van der Waals surface area contributed by atoms with E-state index in [4.69, 9.17) is 0 Å². The van der Waals surface area contributed by atoms with Crippen LogP contribution in [0.3, 0.4) is 0 Å². The van der Waals surface area contributed by atoms with Crippen LogP contribution in [0.5, 0.6) is 0 Å². The number of carbonyl (C=O) groups excluding carboxylic acids is 3. The molecule has 2 aromatic rings. The second-order valence-electron chi connectivity index (χ2n) is 5.72. The molecule has 2 aromatic carbocycles. The number of para-hydroxylation sites is 2. The molecule has 0 fully saturated rings. The first-order valence-electron chi connectivity index (χ1n) is 7.84. The van der Waals surface area contributed by atoms with Crippen LogP contribution in [-0.2, 0) is 9.59 Å². The normalized spacial score (nSPS) is 12.8. The molecular formula is C18H18N4O3. The Morgan fingerprint density at radius 1 is 1.12 bits per heavy atom. The van der Waals surface area contributed by atoms with Gasteiger partial charge >= 0.3 is 6.03 Å². The molecule has 1 heterocycles. The fourth-order valence-electron chi connectivity index (χ4n) is 2.51. The van der Waals surface area contributed by atoms with Crippen molar-refractivity contribution in [1.29, 1.82) is 0 Å². The van der Waals surface area contributed by atoms with Crippen LogP contribution >= 0.6 is 0 Å². The first-order chi connectivity index (χ1) is 12.0. The molecule has 0 aliphatic carbocycles. The van der Waals surface area contributed by atoms with Gasteiger partial charge in [-0.25, -0.2) is 4.79 Å². The van der Waals surface area contributed by atoms with Gasteiger partial charge < -0.3 is 16.0 Å². The number of hydrogen-bond donors (Lipinski definition) is 3. The van der Waals surface area contributed by atoms with Crippen molar-refractivity contribution in [1.82, 2.24) is 5.32 Å². The number of nitrogens with zero attached hydrogens (tertiary/aromatic N) is 1. The molecule has 0 spiro atoms. The predicted molar refractivity (Wildman–Crippen MR) is 95.6 cm³/mol. The number of carbonyl (C=O) groups is 3. The van der Waals surface area contributed by atoms with E-state index in [9.17, 15) is 14.4 Å². The second kappa shape index (κ2) is 7.04. The Morgan fingerprint density at radius 3 is 2.60 bits per heavy atom. The third kappa shape index (κ3) is 3.95. The maximum Gasteiger partial charge on any atom is 0.322 e. The maximum atomic E-state index is 12.4. The lowest BCUT2D eigenvalue weighted by Gasteiger charge is -2.29. The highest BCUT2D eigenvalue weighted by molar-refractivity contribution is 6.10. The van der Waals surface area contributed by atoms with Crippen LogP contribution in [0.15, 0.2) is 48.5 Å². The Hall–Kier alpha value is -3.35. The van der Waals surface area contributed by atoms with Crippen molar-refractivity contribution in [3.63, 3.8) is 0 Å². The number of anilines is 3. The van der Waals surface area contributed by atoms with Gasteiger partial charge in [0.1, 0.15) is 6.54 Å². The highest BCUT2D eigenvalue weighted by Crippen LogP contribution is 2.28. The van der Waals surface area contributed by atoms with Crippen molar-refractivity contribution in [3.05, 3.63) is 54.1 Å². The van der Waals surface area contributed by atoms with E-state index in [0.717, 1.165) is 5.56 Å². The Bertz CT molecular complexity index is 817. The van der Waals surface area contributed by atoms with Crippen molar-refractivity contribution >= 4 is 34.9 Å². The zero-order valence-electron chi connectivity index (χ0n) is 13.7. The molecule has 0 atom stereocenters. The quantitative estimate of drug-likeness (QED) is 0.800. The van der Waals surface area contributed by atoms with Crippen molar-refractivity contribution in [2.24, 2.45) is 0 Å². The summed E-state index contributed by atoms with van der Waals surface area (Å²) in [6, 6.07) is 13.9. The smallest absolute Gasteiger partial charge is 0.322 e. The summed E-state index contributed by atoms with van der Waals surface area (Å²) in [7, 11) is 0. The fraction of sp³-hybridized carbons (Fsp3) is 0.167. The largest absolute Gasteiger partial charge is 0.329 e. The predicted octanol–water partition coefficient (Wildman–Crippen LogP) is 2.10. The van der Waals surface area contributed by atoms with Gasteiger partial charge in [0.05, 0.1) is 17.9 Å². The van der Waals surface area contributed by atoms with E-state index in [1.807, 2.05) is 19.1 Å². The van der Waals surface area contributed by atoms with Crippen LogP contribution in [0, 0.1) is 6.92 Å². The van der Waals surface area contributed by atoms with Gasteiger partial charge in [-0.05, 0) is 31.2 Å². The van der Waals surface area contributed by atoms with Crippen molar-refractivity contribution in [3.8, 4) is 0 Å². The monoisotopic (exact) mass is 338 g/mol. The summed E-state index contributed by atoms with van der Waals surface area (Å²) in [4.78, 5) is 37.4. The van der Waals surface area contributed by atoms with E-state index in [1.54, 1.807) is 36.4 Å². The Kier molecular flexibility index (Phi) is 4.65. The van der Waals surface area contributed by atoms with E-state index in [2.05, 4.69) is 16.0 Å². The highest BCUT2D eigenvalue weighted by Gasteiger charge is 2.26. The fourth-order valence-corrected chi connectivity index (χ4v) is 2.51. The molecule has 7 nitrogen and oxygen atoms in total. The number of urea groups is 1. The lowest BCUT2D eigenvalue weighted by atomic mass is 10.2. The Morgan fingerprint density at radius 2 is 1.84 bits per heavy atom. The zero-order valence-corrected chi connectivity index (χ0v) is 13.7. The average Bonchev–Trinajstić information content (AvgIpc) is 2.61. The van der Waals surface area contributed by atoms with Crippen molar-refractivity contribution in [2.75, 3.05) is 28.6 Å². The topological polar surface area (TPSA) is 90.5 Å². The Labute approximate surface area is 145 Å². The van der Waals surface area contributed by atoms with Crippen LogP contribution in [0.2, 0.25) is 0 Å². The minimum absolute atomic E-state index is 0.0948. The number of fused-ring (bicyclic) bond motifs is 1. The maximum absolute atomic E-state index is 12.4. The van der Waals surface area contributed by atoms with Crippen LogP contribution in [-0.4, -0.2) is 30.9 Å². The molecule has 3 rings (SSSR count). The molecule has 0 saturated carbocycles. The molecule has 25 heavy (non-hydrogen) atoms. The summed E-state index contributed by atoms with van der Waals surface area (Å²) >= 11 is 0. The zero-order chi connectivity index (χ0) is 17.8. The lowest BCUT2D eigenvalue weighted by Crippen LogP contribution is -2.48. The summed E-state index contributed by atoms with van der Waals surface area (Å²) in [5, 5.41) is 7.95. The second-order valence-corrected chi connectivity index (χ2v) is 5.72. The number of hydrogen-bond acceptors (Lipinski definition) is 3. The van der Waals surface area contributed by atoms with Crippen LogP contribution in [0.4, 0.5) is 21.9 Å². The molecule has 0 bridgehead atoms. The molecule has 0 radical (unpaired) electrons. The summed E-state index contributed by atoms with van der Waals surface area (Å²) in [6.07, 6.45) is 0. The van der Waals surface area contributed by atoms with Gasteiger partial charge in [-0.1, -0.05) is 29.8 Å². The van der Waals surface area contributed by atoms with Crippen molar-refractivity contribution in [2.45, 2.75) is 6.92 Å². The number of aryl methyl sites for hydroxylation is 1. The SMILES string of the molecule is Cc1ccc(NC(=O)CNC(=O)N2CC(=O)Nc3ccccc32)cc1. The van der Waals surface area contributed by atoms with E-state index < -0.39 is 6.03 Å². The number of amides is 4. The van der Waals surface area contributed by atoms with Gasteiger partial charge in [0.15, 0.2) is 0 Å². The summed E-state index contributed by atoms with van der Waals surface area (Å²) < 4.78 is 0. The molecule has 3 N–H and O–H groups in total. The third-order valence-corrected chi connectivity index (χ3v) is 3.75. The van der Waals surface area contributed by atoms with Crippen LogP contribution in [0.1, 0.15) is 5.56 Å². The molecule has 1 aliphatic rings. The average molecular weight is 338 g/mol. The van der Waals surface area contributed by atoms with Gasteiger partial charge in [-0.15, -0.1) is 0 Å². The first-order valence-corrected chi connectivity index (χ1v) is 7.84. The summed E-state index contributed by atoms with van der Waals surface area (Å²) in [5.74, 6) is -0.620. The highest BCUT2D eigenvalue weighted by atomic mass is 16.2. The standard InChI is InChI=1S/C18H18N4O3/c1-12-6-8-13(9-7-12)20-16(23)10-19-18(25)22-11-17(24)21-14-4-2-3-5-15(14)22/h2-9H,10-11H2,1H3,(H,19,25)(H,20,23)(H,21,24). The van der Waals surface area contributed by atoms with E-state index >= 15 is 0 Å². The lowest BCUT2D eigenvalue weighted by molar-refractivity contribution is -0.115. The Balaban J connectivity index is 1.60. The number of nitrogens with one attached hydrogen (secondary N) is 3. The van der Waals surface area contributed by atoms with E-state index in [1.165, 1.54) is 4.90 Å². The van der Waals surface area contributed by atoms with Crippen LogP contribution in [0.25, 0.3) is 0 Å². The van der Waals surface area contributed by atoms with Gasteiger partial charge in [0.2, 0.25) is 11.8 Å². The molecule has 0 aromatic heterocycles. The molecule has 1 aliphatic heterocycles. The van der Waals surface area contributed by atoms with Crippen LogP contribution < -0.4 is 20.9 Å². The first kappa shape index (κ1) is 16.5. The molecule has 0 saturated heterocycles. The summed E-state index contributed by atoms with van der Waals surface area (Å²) in [6.45, 7) is 1.67. The molecular weight excluding hydrogens is 320 g/mol. The van der Waals surface area contributed by atoms with Gasteiger partial charge in [0.25, 0.3) is 0 Å². The summed E-state index contributed by atoms with van der Waals surface area (Å²) in [5.41, 5.74) is 2.91. The van der Waals surface area contributed by atoms with Gasteiger partial charge in [0, 0.05) is 5.69 Å². The molecule has 0 unspecified atom stereocenters. The molecule has 7 heteroatoms. The third-order valence-electron chi connectivity index (χ3n) is 3.75. The molecule has 4 amide bonds. The van der Waals surface area contributed by atoms with Crippen molar-refractivity contribution < 1.29 is 14.4 Å². The van der Waals surface area contributed by atoms with Gasteiger partial charge in [-0.2, -0.15) is 0 Å². The minimum atomic E-state index is -0.499. The number of benzene rings is 2. The van der Waals surface area contributed by atoms with E-state index in [-0.39, 0.29) is 24.9 Å².